The molecule has 0 aliphatic heterocycles. The summed E-state index contributed by atoms with van der Waals surface area (Å²) in [6.45, 7) is 2.63. The largest absolute Gasteiger partial charge is 0.494 e. The van der Waals surface area contributed by atoms with Gasteiger partial charge in [-0.25, -0.2) is 4.98 Å². The van der Waals surface area contributed by atoms with Crippen LogP contribution >= 0.6 is 0 Å². The summed E-state index contributed by atoms with van der Waals surface area (Å²) in [6.07, 6.45) is 5.33. The van der Waals surface area contributed by atoms with Crippen LogP contribution in [0.15, 0.2) is 67.3 Å². The summed E-state index contributed by atoms with van der Waals surface area (Å²) in [5, 5.41) is 11.0. The third-order valence-corrected chi connectivity index (χ3v) is 3.86. The maximum atomic E-state index is 5.51. The number of fused-ring (bicyclic) bond motifs is 1. The average Bonchev–Trinajstić information content (AvgIpc) is 3.16. The molecule has 0 aliphatic carbocycles. The van der Waals surface area contributed by atoms with E-state index in [1.807, 2.05) is 54.1 Å². The number of benzene rings is 2. The van der Waals surface area contributed by atoms with Crippen molar-refractivity contribution in [2.75, 3.05) is 6.61 Å². The number of aromatic nitrogens is 4. The first-order chi connectivity index (χ1) is 11.9. The molecule has 4 aromatic rings. The molecule has 0 N–H and O–H groups in total. The average molecular weight is 316 g/mol. The van der Waals surface area contributed by atoms with E-state index in [4.69, 9.17) is 4.74 Å². The van der Waals surface area contributed by atoms with E-state index >= 15 is 0 Å². The highest BCUT2D eigenvalue weighted by molar-refractivity contribution is 5.97. The molecule has 0 saturated heterocycles. The Morgan fingerprint density at radius 1 is 0.958 bits per heavy atom. The normalized spacial score (nSPS) is 10.9. The quantitative estimate of drug-likeness (QED) is 0.573. The zero-order chi connectivity index (χ0) is 16.4. The van der Waals surface area contributed by atoms with Gasteiger partial charge in [0.1, 0.15) is 17.8 Å². The van der Waals surface area contributed by atoms with E-state index in [-0.39, 0.29) is 0 Å². The summed E-state index contributed by atoms with van der Waals surface area (Å²) in [4.78, 5) is 4.09. The lowest BCUT2D eigenvalue weighted by molar-refractivity contribution is 0.340. The van der Waals surface area contributed by atoms with E-state index in [1.54, 1.807) is 12.5 Å². The first-order valence-corrected chi connectivity index (χ1v) is 7.84. The summed E-state index contributed by atoms with van der Waals surface area (Å²) < 4.78 is 7.38. The molecule has 0 amide bonds. The van der Waals surface area contributed by atoms with Gasteiger partial charge >= 0.3 is 0 Å². The topological polar surface area (TPSA) is 52.8 Å². The molecule has 0 fully saturated rings. The second-order valence-electron chi connectivity index (χ2n) is 5.35. The lowest BCUT2D eigenvalue weighted by Gasteiger charge is -2.10. The van der Waals surface area contributed by atoms with Gasteiger partial charge in [-0.15, -0.1) is 10.2 Å². The number of hydrogen-bond acceptors (Lipinski definition) is 4. The zero-order valence-corrected chi connectivity index (χ0v) is 13.3. The summed E-state index contributed by atoms with van der Waals surface area (Å²) in [5.41, 5.74) is 1.87. The van der Waals surface area contributed by atoms with Gasteiger partial charge in [0, 0.05) is 28.7 Å². The first kappa shape index (κ1) is 14.4. The summed E-state index contributed by atoms with van der Waals surface area (Å²) in [5.74, 6) is 1.63. The van der Waals surface area contributed by atoms with Crippen LogP contribution in [0.2, 0.25) is 0 Å². The van der Waals surface area contributed by atoms with Crippen LogP contribution in [0.1, 0.15) is 6.92 Å². The Morgan fingerprint density at radius 3 is 2.46 bits per heavy atom. The van der Waals surface area contributed by atoms with Gasteiger partial charge in [0.25, 0.3) is 0 Å². The molecule has 0 radical (unpaired) electrons. The molecule has 0 aliphatic rings. The highest BCUT2D eigenvalue weighted by Crippen LogP contribution is 2.29. The second kappa shape index (κ2) is 6.12. The minimum absolute atomic E-state index is 0.654. The van der Waals surface area contributed by atoms with Crippen LogP contribution in [0, 0.1) is 0 Å². The van der Waals surface area contributed by atoms with E-state index in [1.165, 1.54) is 0 Å². The number of imidazole rings is 1. The van der Waals surface area contributed by atoms with Crippen LogP contribution in [0.4, 0.5) is 0 Å². The molecule has 5 heteroatoms. The van der Waals surface area contributed by atoms with Crippen molar-refractivity contribution in [2.24, 2.45) is 0 Å². The van der Waals surface area contributed by atoms with Crippen molar-refractivity contribution in [1.29, 1.82) is 0 Å². The zero-order valence-electron chi connectivity index (χ0n) is 13.3. The number of nitrogens with zero attached hydrogens (tertiary/aromatic N) is 4. The van der Waals surface area contributed by atoms with Gasteiger partial charge in [0.15, 0.2) is 5.82 Å². The van der Waals surface area contributed by atoms with E-state index in [0.717, 1.165) is 33.6 Å². The lowest BCUT2D eigenvalue weighted by Crippen LogP contribution is -2.00. The molecule has 2 aromatic heterocycles. The Morgan fingerprint density at radius 2 is 1.75 bits per heavy atom. The molecule has 2 heterocycles. The Balaban J connectivity index is 1.87. The molecule has 2 aromatic carbocycles. The van der Waals surface area contributed by atoms with Crippen LogP contribution in [0.5, 0.6) is 5.75 Å². The summed E-state index contributed by atoms with van der Waals surface area (Å²) in [6, 6.07) is 16.1. The van der Waals surface area contributed by atoms with Crippen molar-refractivity contribution in [3.8, 4) is 22.8 Å². The molecule has 0 atom stereocenters. The molecule has 5 nitrogen and oxygen atoms in total. The van der Waals surface area contributed by atoms with Crippen molar-refractivity contribution >= 4 is 10.8 Å². The van der Waals surface area contributed by atoms with Gasteiger partial charge < -0.3 is 4.74 Å². The standard InChI is InChI=1S/C19H16N4O/c1-2-24-15-9-7-14(8-10-15)18-16-5-3-4-6-17(16)19(22-21-18)23-12-11-20-13-23/h3-13H,2H2,1H3. The molecular formula is C19H16N4O. The maximum absolute atomic E-state index is 5.51. The fraction of sp³-hybridized carbons (Fsp3) is 0.105. The molecule has 0 spiro atoms. The molecule has 24 heavy (non-hydrogen) atoms. The predicted octanol–water partition coefficient (Wildman–Crippen LogP) is 3.88. The van der Waals surface area contributed by atoms with Gasteiger partial charge in [0.2, 0.25) is 0 Å². The molecule has 118 valence electrons. The van der Waals surface area contributed by atoms with Gasteiger partial charge in [-0.1, -0.05) is 24.3 Å². The van der Waals surface area contributed by atoms with Crippen molar-refractivity contribution in [3.05, 3.63) is 67.3 Å². The van der Waals surface area contributed by atoms with Crippen molar-refractivity contribution in [3.63, 3.8) is 0 Å². The Hall–Kier alpha value is -3.21. The molecule has 0 bridgehead atoms. The molecular weight excluding hydrogens is 300 g/mol. The number of ether oxygens (including phenoxy) is 1. The monoisotopic (exact) mass is 316 g/mol. The second-order valence-corrected chi connectivity index (χ2v) is 5.35. The van der Waals surface area contributed by atoms with E-state index in [2.05, 4.69) is 27.3 Å². The number of hydrogen-bond donors (Lipinski definition) is 0. The van der Waals surface area contributed by atoms with Gasteiger partial charge in [-0.05, 0) is 31.2 Å². The van der Waals surface area contributed by atoms with Crippen LogP contribution in [0.25, 0.3) is 27.8 Å². The van der Waals surface area contributed by atoms with Crippen molar-refractivity contribution < 1.29 is 4.74 Å². The highest BCUT2D eigenvalue weighted by Gasteiger charge is 2.11. The smallest absolute Gasteiger partial charge is 0.168 e. The molecule has 4 rings (SSSR count). The van der Waals surface area contributed by atoms with Gasteiger partial charge in [-0.2, -0.15) is 0 Å². The fourth-order valence-electron chi connectivity index (χ4n) is 2.75. The van der Waals surface area contributed by atoms with Gasteiger partial charge in [-0.3, -0.25) is 4.57 Å². The van der Waals surface area contributed by atoms with Gasteiger partial charge in [0.05, 0.1) is 6.61 Å². The van der Waals surface area contributed by atoms with Crippen LogP contribution in [-0.4, -0.2) is 26.4 Å². The third-order valence-electron chi connectivity index (χ3n) is 3.86. The van der Waals surface area contributed by atoms with Crippen molar-refractivity contribution in [1.82, 2.24) is 19.7 Å². The number of rotatable bonds is 4. The van der Waals surface area contributed by atoms with E-state index < -0.39 is 0 Å². The fourth-order valence-corrected chi connectivity index (χ4v) is 2.75. The lowest BCUT2D eigenvalue weighted by atomic mass is 10.0. The summed E-state index contributed by atoms with van der Waals surface area (Å²) in [7, 11) is 0. The molecule has 0 saturated carbocycles. The third kappa shape index (κ3) is 2.50. The van der Waals surface area contributed by atoms with E-state index in [0.29, 0.717) is 6.61 Å². The van der Waals surface area contributed by atoms with Crippen LogP contribution in [-0.2, 0) is 0 Å². The van der Waals surface area contributed by atoms with Crippen LogP contribution < -0.4 is 4.74 Å². The first-order valence-electron chi connectivity index (χ1n) is 7.84. The van der Waals surface area contributed by atoms with Crippen molar-refractivity contribution in [2.45, 2.75) is 6.92 Å². The Kier molecular flexibility index (Phi) is 3.67. The van der Waals surface area contributed by atoms with E-state index in [9.17, 15) is 0 Å². The van der Waals surface area contributed by atoms with Crippen LogP contribution in [0.3, 0.4) is 0 Å². The summed E-state index contributed by atoms with van der Waals surface area (Å²) >= 11 is 0. The highest BCUT2D eigenvalue weighted by atomic mass is 16.5. The Labute approximate surface area is 139 Å². The predicted molar refractivity (Wildman–Crippen MR) is 93.3 cm³/mol. The SMILES string of the molecule is CCOc1ccc(-c2nnc(-n3ccnc3)c3ccccc23)cc1. The Bertz CT molecular complexity index is 963. The molecule has 0 unspecified atom stereocenters. The minimum atomic E-state index is 0.654. The minimum Gasteiger partial charge on any atom is -0.494 e. The maximum Gasteiger partial charge on any atom is 0.168 e.